The number of para-hydroxylation sites is 2. The average Bonchev–Trinajstić information content (AvgIpc) is 3.58. The summed E-state index contributed by atoms with van der Waals surface area (Å²) < 4.78 is 6.94. The lowest BCUT2D eigenvalue weighted by atomic mass is 9.82. The van der Waals surface area contributed by atoms with E-state index in [1.54, 1.807) is 0 Å². The Kier molecular flexibility index (Phi) is 8.84. The van der Waals surface area contributed by atoms with Crippen LogP contribution >= 0.6 is 0 Å². The quantitative estimate of drug-likeness (QED) is 0.152. The van der Waals surface area contributed by atoms with Gasteiger partial charge in [-0.15, -0.1) is 0 Å². The molecule has 0 fully saturated rings. The minimum absolute atomic E-state index is 0.152. The molecule has 0 bridgehead atoms. The van der Waals surface area contributed by atoms with Crippen molar-refractivity contribution in [3.05, 3.63) is 242 Å². The van der Waals surface area contributed by atoms with E-state index in [9.17, 15) is 0 Å². The fourth-order valence-electron chi connectivity index (χ4n) is 10.2. The predicted octanol–water partition coefficient (Wildman–Crippen LogP) is 17.2. The maximum absolute atomic E-state index is 6.94. The van der Waals surface area contributed by atoms with Crippen LogP contribution in [0.3, 0.4) is 0 Å². The maximum Gasteiger partial charge on any atom is 0.137 e. The predicted molar refractivity (Wildman–Crippen MR) is 267 cm³/mol. The number of anilines is 6. The Morgan fingerprint density at radius 2 is 0.859 bits per heavy atom. The summed E-state index contributed by atoms with van der Waals surface area (Å²) in [6, 6.07) is 83.1. The zero-order chi connectivity index (χ0) is 42.8. The van der Waals surface area contributed by atoms with Crippen LogP contribution in [0, 0.1) is 0 Å². The molecule has 0 saturated carbocycles. The van der Waals surface area contributed by atoms with Crippen LogP contribution in [0.1, 0.15) is 25.0 Å². The number of nitrogens with zero attached hydrogens (tertiary/aromatic N) is 2. The van der Waals surface area contributed by atoms with Gasteiger partial charge in [0.1, 0.15) is 11.5 Å². The summed E-state index contributed by atoms with van der Waals surface area (Å²) >= 11 is 0. The standard InChI is InChI=1S/C61H44N2O/c1-61(2)53-25-13-12-22-49(53)50-37-36-48(40-54(50)61)63(47-34-32-44(33-35-47)43-30-28-42(29-31-43)41-16-6-3-7-17-41)55-38-39-58-59-51(55)23-14-24-52(59)60-56(26-15-27-57(60)64-58)62(45-18-8-4-9-19-45)46-20-10-5-11-21-46/h3-40H,1-2H3. The summed E-state index contributed by atoms with van der Waals surface area (Å²) in [5, 5.41) is 2.21. The fourth-order valence-corrected chi connectivity index (χ4v) is 10.2. The summed E-state index contributed by atoms with van der Waals surface area (Å²) in [5.74, 6) is 1.69. The lowest BCUT2D eigenvalue weighted by Crippen LogP contribution is -2.17. The highest BCUT2D eigenvalue weighted by Crippen LogP contribution is 2.56. The molecule has 0 radical (unpaired) electrons. The summed E-state index contributed by atoms with van der Waals surface area (Å²) in [6.45, 7) is 4.71. The number of rotatable bonds is 8. The van der Waals surface area contributed by atoms with Crippen LogP contribution in [0.4, 0.5) is 34.1 Å². The third kappa shape index (κ3) is 6.12. The fraction of sp³-hybridized carbons (Fsp3) is 0.0492. The van der Waals surface area contributed by atoms with Crippen molar-refractivity contribution in [2.24, 2.45) is 0 Å². The van der Waals surface area contributed by atoms with Gasteiger partial charge in [0.25, 0.3) is 0 Å². The van der Waals surface area contributed by atoms with Crippen LogP contribution in [0.5, 0.6) is 11.5 Å². The highest BCUT2D eigenvalue weighted by atomic mass is 16.5. The normalized spacial score (nSPS) is 12.8. The molecule has 12 rings (SSSR count). The molecule has 0 atom stereocenters. The third-order valence-corrected chi connectivity index (χ3v) is 13.3. The number of fused-ring (bicyclic) bond motifs is 5. The third-order valence-electron chi connectivity index (χ3n) is 13.3. The van der Waals surface area contributed by atoms with Crippen molar-refractivity contribution < 1.29 is 4.74 Å². The second kappa shape index (κ2) is 15.0. The van der Waals surface area contributed by atoms with Gasteiger partial charge >= 0.3 is 0 Å². The molecule has 1 aliphatic carbocycles. The van der Waals surface area contributed by atoms with E-state index in [4.69, 9.17) is 4.74 Å². The van der Waals surface area contributed by atoms with Crippen molar-refractivity contribution in [3.8, 4) is 56.0 Å². The zero-order valence-electron chi connectivity index (χ0n) is 35.7. The van der Waals surface area contributed by atoms with Gasteiger partial charge in [-0.2, -0.15) is 0 Å². The molecule has 1 aliphatic heterocycles. The van der Waals surface area contributed by atoms with Crippen LogP contribution in [0.15, 0.2) is 231 Å². The minimum atomic E-state index is -0.152. The molecule has 0 unspecified atom stereocenters. The van der Waals surface area contributed by atoms with Crippen molar-refractivity contribution in [3.63, 3.8) is 0 Å². The van der Waals surface area contributed by atoms with Gasteiger partial charge in [-0.1, -0.05) is 172 Å². The first-order valence-corrected chi connectivity index (χ1v) is 22.1. The van der Waals surface area contributed by atoms with Gasteiger partial charge < -0.3 is 14.5 Å². The van der Waals surface area contributed by atoms with Crippen LogP contribution < -0.4 is 14.5 Å². The van der Waals surface area contributed by atoms with E-state index in [1.165, 1.54) is 44.5 Å². The number of benzene rings is 10. The first-order valence-electron chi connectivity index (χ1n) is 22.1. The van der Waals surface area contributed by atoms with Gasteiger partial charge in [-0.05, 0) is 123 Å². The lowest BCUT2D eigenvalue weighted by Gasteiger charge is -2.32. The van der Waals surface area contributed by atoms with Gasteiger partial charge in [-0.25, -0.2) is 0 Å². The molecule has 0 saturated heterocycles. The number of hydrogen-bond donors (Lipinski definition) is 0. The summed E-state index contributed by atoms with van der Waals surface area (Å²) in [7, 11) is 0. The molecule has 0 spiro atoms. The van der Waals surface area contributed by atoms with E-state index in [1.807, 2.05) is 0 Å². The summed E-state index contributed by atoms with van der Waals surface area (Å²) in [5.41, 5.74) is 18.6. The van der Waals surface area contributed by atoms with Crippen molar-refractivity contribution >= 4 is 44.9 Å². The molecular weight excluding hydrogens is 777 g/mol. The molecule has 0 N–H and O–H groups in total. The van der Waals surface area contributed by atoms with E-state index in [2.05, 4.69) is 254 Å². The van der Waals surface area contributed by atoms with Crippen molar-refractivity contribution in [1.82, 2.24) is 0 Å². The van der Waals surface area contributed by atoms with Gasteiger partial charge in [0, 0.05) is 44.5 Å². The minimum Gasteiger partial charge on any atom is -0.456 e. The van der Waals surface area contributed by atoms with Gasteiger partial charge in [0.15, 0.2) is 0 Å². The monoisotopic (exact) mass is 820 g/mol. The zero-order valence-corrected chi connectivity index (χ0v) is 35.7. The van der Waals surface area contributed by atoms with E-state index in [0.717, 1.165) is 67.5 Å². The van der Waals surface area contributed by atoms with Crippen LogP contribution in [-0.2, 0) is 5.41 Å². The van der Waals surface area contributed by atoms with E-state index >= 15 is 0 Å². The molecule has 0 aromatic heterocycles. The first-order chi connectivity index (χ1) is 31.5. The Morgan fingerprint density at radius 3 is 1.55 bits per heavy atom. The molecule has 2 aliphatic rings. The first kappa shape index (κ1) is 37.6. The Balaban J connectivity index is 1.02. The van der Waals surface area contributed by atoms with Crippen molar-refractivity contribution in [2.45, 2.75) is 19.3 Å². The molecular formula is C61H44N2O. The maximum atomic E-state index is 6.94. The lowest BCUT2D eigenvalue weighted by molar-refractivity contribution is 0.487. The van der Waals surface area contributed by atoms with Crippen molar-refractivity contribution in [2.75, 3.05) is 9.80 Å². The second-order valence-electron chi connectivity index (χ2n) is 17.3. The van der Waals surface area contributed by atoms with Crippen LogP contribution in [0.25, 0.3) is 55.3 Å². The van der Waals surface area contributed by atoms with Crippen LogP contribution in [0.2, 0.25) is 0 Å². The van der Waals surface area contributed by atoms with E-state index in [-0.39, 0.29) is 5.41 Å². The number of ether oxygens (including phenoxy) is 1. The molecule has 10 aromatic rings. The highest BCUT2D eigenvalue weighted by Gasteiger charge is 2.36. The Labute approximate surface area is 374 Å². The van der Waals surface area contributed by atoms with E-state index in [0.29, 0.717) is 0 Å². The van der Waals surface area contributed by atoms with E-state index < -0.39 is 0 Å². The van der Waals surface area contributed by atoms with Gasteiger partial charge in [-0.3, -0.25) is 0 Å². The molecule has 64 heavy (non-hydrogen) atoms. The Hall–Kier alpha value is -8.14. The molecule has 1 heterocycles. The van der Waals surface area contributed by atoms with Gasteiger partial charge in [0.05, 0.1) is 11.4 Å². The topological polar surface area (TPSA) is 15.7 Å². The molecule has 10 aromatic carbocycles. The van der Waals surface area contributed by atoms with Crippen LogP contribution in [-0.4, -0.2) is 0 Å². The highest BCUT2D eigenvalue weighted by molar-refractivity contribution is 6.13. The second-order valence-corrected chi connectivity index (χ2v) is 17.3. The Morgan fingerprint density at radius 1 is 0.344 bits per heavy atom. The van der Waals surface area contributed by atoms with Gasteiger partial charge in [0.2, 0.25) is 0 Å². The molecule has 3 nitrogen and oxygen atoms in total. The summed E-state index contributed by atoms with van der Waals surface area (Å²) in [6.07, 6.45) is 0. The average molecular weight is 821 g/mol. The molecule has 3 heteroatoms. The smallest absolute Gasteiger partial charge is 0.137 e. The van der Waals surface area contributed by atoms with Crippen molar-refractivity contribution in [1.29, 1.82) is 0 Å². The largest absolute Gasteiger partial charge is 0.456 e. The molecule has 0 amide bonds. The number of hydrogen-bond acceptors (Lipinski definition) is 3. The SMILES string of the molecule is CC1(C)c2ccccc2-c2ccc(N(c3ccc(-c4ccc(-c5ccccc5)cc4)cc3)c3ccc4c5c(cccc35)-c3c(cccc3N(c3ccccc3)c3ccccc3)O4)cc21. The summed E-state index contributed by atoms with van der Waals surface area (Å²) in [4.78, 5) is 4.77. The Bertz CT molecular complexity index is 3320. The molecule has 304 valence electrons.